The Morgan fingerprint density at radius 3 is 2.39 bits per heavy atom. The quantitative estimate of drug-likeness (QED) is 0.385. The van der Waals surface area contributed by atoms with Crippen molar-refractivity contribution in [3.63, 3.8) is 0 Å². The minimum Gasteiger partial charge on any atom is -0.368 e. The van der Waals surface area contributed by atoms with Crippen molar-refractivity contribution in [2.45, 2.75) is 53.5 Å². The molecular weight excluding hydrogens is 481 g/mol. The zero-order valence-corrected chi connectivity index (χ0v) is 23.1. The van der Waals surface area contributed by atoms with E-state index in [0.717, 1.165) is 61.7 Å². The van der Waals surface area contributed by atoms with Crippen molar-refractivity contribution < 1.29 is 4.39 Å². The van der Waals surface area contributed by atoms with Crippen LogP contribution in [-0.2, 0) is 12.0 Å². The Labute approximate surface area is 223 Å². The van der Waals surface area contributed by atoms with Crippen LogP contribution in [0.5, 0.6) is 0 Å². The van der Waals surface area contributed by atoms with Crippen LogP contribution in [0.25, 0.3) is 22.4 Å². The molecule has 5 rings (SSSR count). The summed E-state index contributed by atoms with van der Waals surface area (Å²) in [6, 6.07) is 4.07. The van der Waals surface area contributed by atoms with Gasteiger partial charge < -0.3 is 19.7 Å². The molecule has 0 amide bonds. The van der Waals surface area contributed by atoms with E-state index >= 15 is 0 Å². The summed E-state index contributed by atoms with van der Waals surface area (Å²) in [7, 11) is 0. The van der Waals surface area contributed by atoms with Gasteiger partial charge in [-0.05, 0) is 58.4 Å². The van der Waals surface area contributed by atoms with E-state index in [0.29, 0.717) is 17.0 Å². The summed E-state index contributed by atoms with van der Waals surface area (Å²) in [6.07, 6.45) is 5.48. The number of hydrogen-bond donors (Lipinski definition) is 1. The van der Waals surface area contributed by atoms with Crippen LogP contribution in [-0.4, -0.2) is 67.1 Å². The molecule has 1 fully saturated rings. The predicted molar refractivity (Wildman–Crippen MR) is 149 cm³/mol. The zero-order valence-electron chi connectivity index (χ0n) is 23.1. The summed E-state index contributed by atoms with van der Waals surface area (Å²) in [5.74, 6) is 1.31. The number of hydrogen-bond acceptors (Lipinski definition) is 8. The number of likely N-dealkylation sites (N-methyl/N-ethyl adjacent to an activating group) is 1. The van der Waals surface area contributed by atoms with Crippen molar-refractivity contribution in [3.05, 3.63) is 47.9 Å². The molecule has 38 heavy (non-hydrogen) atoms. The van der Waals surface area contributed by atoms with Gasteiger partial charge in [0.15, 0.2) is 11.5 Å². The van der Waals surface area contributed by atoms with Gasteiger partial charge in [0.2, 0.25) is 5.95 Å². The number of imidazole rings is 1. The molecule has 1 N–H and O–H groups in total. The first-order valence-corrected chi connectivity index (χ1v) is 13.3. The molecule has 200 valence electrons. The Kier molecular flexibility index (Phi) is 7.00. The maximum Gasteiger partial charge on any atom is 0.229 e. The van der Waals surface area contributed by atoms with Gasteiger partial charge in [-0.1, -0.05) is 13.8 Å². The van der Waals surface area contributed by atoms with Crippen LogP contribution < -0.4 is 10.2 Å². The molecule has 1 saturated heterocycles. The Balaban J connectivity index is 1.43. The number of nitrogens with zero attached hydrogens (tertiary/aromatic N) is 8. The number of aryl methyl sites for hydroxylation is 2. The highest BCUT2D eigenvalue weighted by Gasteiger charge is 2.22. The van der Waals surface area contributed by atoms with Gasteiger partial charge in [0.25, 0.3) is 0 Å². The lowest BCUT2D eigenvalue weighted by Crippen LogP contribution is -2.46. The topological polar surface area (TPSA) is 87.9 Å². The van der Waals surface area contributed by atoms with Gasteiger partial charge in [0, 0.05) is 43.5 Å². The Hall–Kier alpha value is -3.66. The maximum absolute atomic E-state index is 15.0. The Morgan fingerprint density at radius 1 is 0.947 bits per heavy atom. The average Bonchev–Trinajstić information content (AvgIpc) is 3.25. The third kappa shape index (κ3) is 5.05. The standard InChI is InChI=1S/C28H36FN9/c1-7-19-13-21(37-11-9-36(8-2)10-12-37)16-31-25(19)35-27-32-17-22(29)24(34-27)20-14-23-26(30-15-20)33-18(3)38(23)28(4,5)6/h13-17H,7-12H2,1-6H3,(H,31,32,34,35). The van der Waals surface area contributed by atoms with Crippen LogP contribution in [0.2, 0.25) is 0 Å². The second-order valence-corrected chi connectivity index (χ2v) is 10.7. The van der Waals surface area contributed by atoms with Crippen LogP contribution in [0.15, 0.2) is 30.7 Å². The molecule has 1 aliphatic heterocycles. The number of halogens is 1. The first-order chi connectivity index (χ1) is 18.2. The molecule has 0 aromatic carbocycles. The molecule has 5 heterocycles. The molecule has 0 aliphatic carbocycles. The highest BCUT2D eigenvalue weighted by atomic mass is 19.1. The van der Waals surface area contributed by atoms with E-state index in [1.165, 1.54) is 6.20 Å². The number of anilines is 3. The maximum atomic E-state index is 15.0. The van der Waals surface area contributed by atoms with Crippen molar-refractivity contribution in [2.24, 2.45) is 0 Å². The van der Waals surface area contributed by atoms with E-state index in [-0.39, 0.29) is 17.2 Å². The van der Waals surface area contributed by atoms with Gasteiger partial charge in [-0.2, -0.15) is 0 Å². The fourth-order valence-corrected chi connectivity index (χ4v) is 5.16. The number of pyridine rings is 2. The van der Waals surface area contributed by atoms with Gasteiger partial charge in [0.05, 0.1) is 23.6 Å². The van der Waals surface area contributed by atoms with E-state index in [4.69, 9.17) is 4.98 Å². The largest absolute Gasteiger partial charge is 0.368 e. The Bertz CT molecular complexity index is 1450. The second-order valence-electron chi connectivity index (χ2n) is 10.7. The summed E-state index contributed by atoms with van der Waals surface area (Å²) in [4.78, 5) is 27.3. The van der Waals surface area contributed by atoms with Crippen LogP contribution >= 0.6 is 0 Å². The molecule has 0 spiro atoms. The molecule has 0 unspecified atom stereocenters. The van der Waals surface area contributed by atoms with Crippen molar-refractivity contribution >= 4 is 28.6 Å². The van der Waals surface area contributed by atoms with E-state index in [1.54, 1.807) is 6.20 Å². The van der Waals surface area contributed by atoms with Crippen LogP contribution in [0.4, 0.5) is 21.8 Å². The zero-order chi connectivity index (χ0) is 27.0. The molecule has 4 aromatic rings. The fourth-order valence-electron chi connectivity index (χ4n) is 5.16. The minimum absolute atomic E-state index is 0.180. The second kappa shape index (κ2) is 10.2. The minimum atomic E-state index is -0.513. The molecule has 10 heteroatoms. The van der Waals surface area contributed by atoms with E-state index in [2.05, 4.69) is 80.3 Å². The summed E-state index contributed by atoms with van der Waals surface area (Å²) in [5.41, 5.74) is 4.19. The highest BCUT2D eigenvalue weighted by molar-refractivity contribution is 5.78. The lowest BCUT2D eigenvalue weighted by atomic mass is 10.1. The van der Waals surface area contributed by atoms with Gasteiger partial charge in [0.1, 0.15) is 17.3 Å². The number of aromatic nitrogens is 6. The molecular formula is C28H36FN9. The molecule has 0 atom stereocenters. The number of piperazine rings is 1. The lowest BCUT2D eigenvalue weighted by molar-refractivity contribution is 0.271. The van der Waals surface area contributed by atoms with Crippen molar-refractivity contribution in [3.8, 4) is 11.3 Å². The van der Waals surface area contributed by atoms with Gasteiger partial charge in [-0.3, -0.25) is 0 Å². The smallest absolute Gasteiger partial charge is 0.229 e. The molecule has 0 radical (unpaired) electrons. The predicted octanol–water partition coefficient (Wildman–Crippen LogP) is 4.93. The molecule has 1 aliphatic rings. The normalized spacial score (nSPS) is 14.9. The molecule has 0 bridgehead atoms. The van der Waals surface area contributed by atoms with Crippen LogP contribution in [0.1, 0.15) is 46.0 Å². The van der Waals surface area contributed by atoms with E-state index < -0.39 is 5.82 Å². The molecule has 4 aromatic heterocycles. The van der Waals surface area contributed by atoms with Gasteiger partial charge in [-0.25, -0.2) is 29.3 Å². The summed E-state index contributed by atoms with van der Waals surface area (Å²) in [6.45, 7) is 17.7. The van der Waals surface area contributed by atoms with Crippen molar-refractivity contribution in [1.29, 1.82) is 0 Å². The van der Waals surface area contributed by atoms with E-state index in [9.17, 15) is 4.39 Å². The summed E-state index contributed by atoms with van der Waals surface area (Å²) < 4.78 is 17.1. The third-order valence-corrected chi connectivity index (χ3v) is 7.12. The van der Waals surface area contributed by atoms with Gasteiger partial charge in [-0.15, -0.1) is 0 Å². The number of fused-ring (bicyclic) bond motifs is 1. The third-order valence-electron chi connectivity index (χ3n) is 7.12. The fraction of sp³-hybridized carbons (Fsp3) is 0.464. The Morgan fingerprint density at radius 2 is 1.71 bits per heavy atom. The van der Waals surface area contributed by atoms with Crippen molar-refractivity contribution in [2.75, 3.05) is 42.9 Å². The van der Waals surface area contributed by atoms with Crippen molar-refractivity contribution in [1.82, 2.24) is 34.4 Å². The number of rotatable bonds is 6. The average molecular weight is 518 g/mol. The first-order valence-electron chi connectivity index (χ1n) is 13.3. The highest BCUT2D eigenvalue weighted by Crippen LogP contribution is 2.29. The summed E-state index contributed by atoms with van der Waals surface area (Å²) in [5, 5.41) is 3.22. The SMILES string of the molecule is CCc1cc(N2CCN(CC)CC2)cnc1Nc1ncc(F)c(-c2cnc3nc(C)n(C(C)(C)C)c3c2)n1. The first kappa shape index (κ1) is 26.0. The van der Waals surface area contributed by atoms with Crippen LogP contribution in [0, 0.1) is 12.7 Å². The van der Waals surface area contributed by atoms with Gasteiger partial charge >= 0.3 is 0 Å². The summed E-state index contributed by atoms with van der Waals surface area (Å²) >= 11 is 0. The monoisotopic (exact) mass is 517 g/mol. The molecule has 9 nitrogen and oxygen atoms in total. The van der Waals surface area contributed by atoms with Crippen LogP contribution in [0.3, 0.4) is 0 Å². The lowest BCUT2D eigenvalue weighted by Gasteiger charge is -2.35. The number of nitrogens with one attached hydrogen (secondary N) is 1. The molecule has 0 saturated carbocycles. The van der Waals surface area contributed by atoms with E-state index in [1.807, 2.05) is 19.2 Å².